The van der Waals surface area contributed by atoms with Gasteiger partial charge in [-0.05, 0) is 51.0 Å². The van der Waals surface area contributed by atoms with Gasteiger partial charge in [0.25, 0.3) is 5.91 Å². The SMILES string of the molecule is Cc1csc(NC(=O)c2ccc(S(=O)(=O)N3CCCCC3C)cc2)n1. The normalized spacial score (nSPS) is 18.9. The lowest BCUT2D eigenvalue weighted by Gasteiger charge is -2.32. The second-order valence-corrected chi connectivity index (χ2v) is 8.98. The van der Waals surface area contributed by atoms with Gasteiger partial charge < -0.3 is 0 Å². The van der Waals surface area contributed by atoms with Crippen LogP contribution < -0.4 is 5.32 Å². The second kappa shape index (κ2) is 7.23. The molecule has 1 saturated heterocycles. The van der Waals surface area contributed by atoms with Crippen molar-refractivity contribution in [3.8, 4) is 0 Å². The Morgan fingerprint density at radius 2 is 2.00 bits per heavy atom. The second-order valence-electron chi connectivity index (χ2n) is 6.23. The molecular formula is C17H21N3O3S2. The molecular weight excluding hydrogens is 358 g/mol. The minimum absolute atomic E-state index is 0.00914. The lowest BCUT2D eigenvalue weighted by molar-refractivity contribution is 0.102. The van der Waals surface area contributed by atoms with Gasteiger partial charge >= 0.3 is 0 Å². The summed E-state index contributed by atoms with van der Waals surface area (Å²) in [5.74, 6) is -0.301. The third-order valence-corrected chi connectivity index (χ3v) is 7.21. The van der Waals surface area contributed by atoms with E-state index < -0.39 is 10.0 Å². The molecule has 134 valence electrons. The number of carbonyl (C=O) groups excluding carboxylic acids is 1. The molecule has 6 nitrogen and oxygen atoms in total. The van der Waals surface area contributed by atoms with E-state index in [4.69, 9.17) is 0 Å². The molecule has 3 rings (SSSR count). The first-order chi connectivity index (χ1) is 11.9. The first kappa shape index (κ1) is 18.0. The Kier molecular flexibility index (Phi) is 5.21. The molecule has 1 aromatic heterocycles. The molecule has 2 aromatic rings. The van der Waals surface area contributed by atoms with Gasteiger partial charge in [-0.3, -0.25) is 10.1 Å². The molecule has 0 bridgehead atoms. The van der Waals surface area contributed by atoms with Crippen LogP contribution in [0.2, 0.25) is 0 Å². The Balaban J connectivity index is 1.76. The van der Waals surface area contributed by atoms with Crippen LogP contribution in [0.4, 0.5) is 5.13 Å². The van der Waals surface area contributed by atoms with Crippen molar-refractivity contribution >= 4 is 32.4 Å². The number of nitrogens with zero attached hydrogens (tertiary/aromatic N) is 2. The molecule has 0 aliphatic carbocycles. The first-order valence-corrected chi connectivity index (χ1v) is 10.6. The number of nitrogens with one attached hydrogen (secondary N) is 1. The van der Waals surface area contributed by atoms with E-state index in [-0.39, 0.29) is 16.8 Å². The number of aromatic nitrogens is 1. The maximum atomic E-state index is 12.8. The topological polar surface area (TPSA) is 79.4 Å². The predicted octanol–water partition coefficient (Wildman–Crippen LogP) is 3.27. The van der Waals surface area contributed by atoms with E-state index in [0.717, 1.165) is 25.0 Å². The van der Waals surface area contributed by atoms with Crippen molar-refractivity contribution in [3.63, 3.8) is 0 Å². The van der Waals surface area contributed by atoms with Gasteiger partial charge in [0.1, 0.15) is 0 Å². The summed E-state index contributed by atoms with van der Waals surface area (Å²) in [4.78, 5) is 16.6. The van der Waals surface area contributed by atoms with Crippen molar-refractivity contribution in [2.45, 2.75) is 44.0 Å². The van der Waals surface area contributed by atoms with Crippen LogP contribution in [0.1, 0.15) is 42.2 Å². The van der Waals surface area contributed by atoms with E-state index in [1.165, 1.54) is 35.6 Å². The monoisotopic (exact) mass is 379 g/mol. The molecule has 1 amide bonds. The van der Waals surface area contributed by atoms with Crippen LogP contribution in [0.5, 0.6) is 0 Å². The zero-order valence-corrected chi connectivity index (χ0v) is 15.9. The molecule has 0 spiro atoms. The number of rotatable bonds is 4. The highest BCUT2D eigenvalue weighted by atomic mass is 32.2. The number of carbonyl (C=O) groups is 1. The Labute approximate surface area is 151 Å². The molecule has 1 aliphatic rings. The molecule has 1 fully saturated rings. The summed E-state index contributed by atoms with van der Waals surface area (Å²) in [6, 6.07) is 6.08. The largest absolute Gasteiger partial charge is 0.298 e. The molecule has 1 unspecified atom stereocenters. The van der Waals surface area contributed by atoms with Gasteiger partial charge in [-0.25, -0.2) is 13.4 Å². The minimum Gasteiger partial charge on any atom is -0.298 e. The predicted molar refractivity (Wildman–Crippen MR) is 98.5 cm³/mol. The van der Waals surface area contributed by atoms with Gasteiger partial charge in [0.15, 0.2) is 5.13 Å². The Hall–Kier alpha value is -1.77. The van der Waals surface area contributed by atoms with E-state index in [1.54, 1.807) is 4.31 Å². The van der Waals surface area contributed by atoms with Crippen LogP contribution in [-0.2, 0) is 10.0 Å². The van der Waals surface area contributed by atoms with Gasteiger partial charge in [-0.15, -0.1) is 11.3 Å². The van der Waals surface area contributed by atoms with E-state index in [0.29, 0.717) is 17.2 Å². The number of hydrogen-bond acceptors (Lipinski definition) is 5. The van der Waals surface area contributed by atoms with Crippen LogP contribution in [0.15, 0.2) is 34.5 Å². The number of thiazole rings is 1. The molecule has 0 saturated carbocycles. The molecule has 25 heavy (non-hydrogen) atoms. The molecule has 2 heterocycles. The summed E-state index contributed by atoms with van der Waals surface area (Å²) in [7, 11) is -3.52. The fraction of sp³-hybridized carbons (Fsp3) is 0.412. The number of piperidine rings is 1. The Bertz CT molecular complexity index is 860. The number of aryl methyl sites for hydroxylation is 1. The number of anilines is 1. The van der Waals surface area contributed by atoms with Gasteiger partial charge in [-0.2, -0.15) is 4.31 Å². The average Bonchev–Trinajstić information content (AvgIpc) is 3.00. The standard InChI is InChI=1S/C17H21N3O3S2/c1-12-11-24-17(18-12)19-16(21)14-6-8-15(9-7-14)25(22,23)20-10-4-3-5-13(20)2/h6-9,11,13H,3-5,10H2,1-2H3,(H,18,19,21). The molecule has 1 aromatic carbocycles. The van der Waals surface area contributed by atoms with Crippen molar-refractivity contribution in [1.82, 2.24) is 9.29 Å². The molecule has 0 radical (unpaired) electrons. The maximum Gasteiger partial charge on any atom is 0.257 e. The average molecular weight is 380 g/mol. The molecule has 1 aliphatic heterocycles. The Morgan fingerprint density at radius 1 is 1.28 bits per heavy atom. The number of amides is 1. The lowest BCUT2D eigenvalue weighted by atomic mass is 10.1. The van der Waals surface area contributed by atoms with Gasteiger partial charge in [-0.1, -0.05) is 6.42 Å². The smallest absolute Gasteiger partial charge is 0.257 e. The summed E-state index contributed by atoms with van der Waals surface area (Å²) in [5, 5.41) is 5.10. The van der Waals surface area contributed by atoms with Gasteiger partial charge in [0.2, 0.25) is 10.0 Å². The fourth-order valence-corrected chi connectivity index (χ4v) is 5.31. The highest BCUT2D eigenvalue weighted by Gasteiger charge is 2.30. The molecule has 1 N–H and O–H groups in total. The summed E-state index contributed by atoms with van der Waals surface area (Å²) < 4.78 is 27.1. The van der Waals surface area contributed by atoms with Gasteiger partial charge in [0, 0.05) is 23.5 Å². The number of benzene rings is 1. The van der Waals surface area contributed by atoms with E-state index in [9.17, 15) is 13.2 Å². The molecule has 8 heteroatoms. The Morgan fingerprint density at radius 3 is 2.60 bits per heavy atom. The zero-order chi connectivity index (χ0) is 18.0. The minimum atomic E-state index is -3.52. The van der Waals surface area contributed by atoms with Crippen molar-refractivity contribution in [1.29, 1.82) is 0 Å². The number of sulfonamides is 1. The fourth-order valence-electron chi connectivity index (χ4n) is 2.92. The highest BCUT2D eigenvalue weighted by molar-refractivity contribution is 7.89. The van der Waals surface area contributed by atoms with Crippen LogP contribution in [0.25, 0.3) is 0 Å². The van der Waals surface area contributed by atoms with Crippen LogP contribution >= 0.6 is 11.3 Å². The first-order valence-electron chi connectivity index (χ1n) is 8.23. The van der Waals surface area contributed by atoms with Crippen molar-refractivity contribution < 1.29 is 13.2 Å². The van der Waals surface area contributed by atoms with Crippen molar-refractivity contribution in [2.75, 3.05) is 11.9 Å². The maximum absolute atomic E-state index is 12.8. The quantitative estimate of drug-likeness (QED) is 0.884. The lowest BCUT2D eigenvalue weighted by Crippen LogP contribution is -2.41. The number of hydrogen-bond donors (Lipinski definition) is 1. The third-order valence-electron chi connectivity index (χ3n) is 4.30. The van der Waals surface area contributed by atoms with Crippen LogP contribution in [0, 0.1) is 6.92 Å². The zero-order valence-electron chi connectivity index (χ0n) is 14.2. The van der Waals surface area contributed by atoms with Crippen LogP contribution in [0.3, 0.4) is 0 Å². The van der Waals surface area contributed by atoms with Crippen LogP contribution in [-0.4, -0.2) is 36.2 Å². The molecule has 1 atom stereocenters. The van der Waals surface area contributed by atoms with Gasteiger partial charge in [0.05, 0.1) is 10.6 Å². The summed E-state index contributed by atoms with van der Waals surface area (Å²) in [5.41, 5.74) is 1.25. The van der Waals surface area contributed by atoms with E-state index in [2.05, 4.69) is 10.3 Å². The third kappa shape index (κ3) is 3.91. The van der Waals surface area contributed by atoms with Crippen molar-refractivity contribution in [3.05, 3.63) is 40.9 Å². The highest BCUT2D eigenvalue weighted by Crippen LogP contribution is 2.25. The van der Waals surface area contributed by atoms with E-state index >= 15 is 0 Å². The van der Waals surface area contributed by atoms with E-state index in [1.807, 2.05) is 19.2 Å². The summed E-state index contributed by atoms with van der Waals surface area (Å²) in [6.45, 7) is 4.34. The summed E-state index contributed by atoms with van der Waals surface area (Å²) in [6.07, 6.45) is 2.83. The van der Waals surface area contributed by atoms with Crippen molar-refractivity contribution in [2.24, 2.45) is 0 Å². The summed E-state index contributed by atoms with van der Waals surface area (Å²) >= 11 is 1.35.